The Morgan fingerprint density at radius 3 is 2.53 bits per heavy atom. The summed E-state index contributed by atoms with van der Waals surface area (Å²) in [6.45, 7) is 2.90. The van der Waals surface area contributed by atoms with Gasteiger partial charge in [0.05, 0.1) is 25.0 Å². The lowest BCUT2D eigenvalue weighted by Crippen LogP contribution is -2.35. The van der Waals surface area contributed by atoms with E-state index in [1.807, 2.05) is 36.4 Å². The highest BCUT2D eigenvalue weighted by atomic mass is 16.5. The monoisotopic (exact) mass is 255 g/mol. The van der Waals surface area contributed by atoms with E-state index in [1.165, 1.54) is 0 Å². The first-order valence-electron chi connectivity index (χ1n) is 6.46. The molecule has 0 saturated carbocycles. The number of fused-ring (bicyclic) bond motifs is 1. The van der Waals surface area contributed by atoms with Gasteiger partial charge in [0, 0.05) is 0 Å². The highest BCUT2D eigenvalue weighted by Crippen LogP contribution is 2.41. The number of methoxy groups -OCH3 is 1. The summed E-state index contributed by atoms with van der Waals surface area (Å²) in [4.78, 5) is 2.25. The smallest absolute Gasteiger partial charge is 0.143 e. The first-order chi connectivity index (χ1) is 9.29. The fraction of sp³-hybridized carbons (Fsp3) is 0.250. The Morgan fingerprint density at radius 2 is 1.74 bits per heavy atom. The zero-order valence-corrected chi connectivity index (χ0v) is 11.2. The lowest BCUT2D eigenvalue weighted by Gasteiger charge is -2.35. The molecule has 19 heavy (non-hydrogen) atoms. The number of benzene rings is 2. The quantitative estimate of drug-likeness (QED) is 0.818. The van der Waals surface area contributed by atoms with Gasteiger partial charge in [-0.2, -0.15) is 0 Å². The molecule has 3 rings (SSSR count). The van der Waals surface area contributed by atoms with Gasteiger partial charge < -0.3 is 14.4 Å². The lowest BCUT2D eigenvalue weighted by molar-refractivity contribution is 0.217. The highest BCUT2D eigenvalue weighted by Gasteiger charge is 2.25. The zero-order chi connectivity index (χ0) is 13.2. The van der Waals surface area contributed by atoms with Crippen molar-refractivity contribution in [1.82, 2.24) is 0 Å². The van der Waals surface area contributed by atoms with E-state index in [-0.39, 0.29) is 6.10 Å². The molecule has 2 aromatic rings. The SMILES string of the molecule is COc1ccccc1N1CC(C)Oc2ccccc21. The van der Waals surface area contributed by atoms with Crippen LogP contribution in [0.15, 0.2) is 48.5 Å². The fourth-order valence-electron chi connectivity index (χ4n) is 2.47. The molecule has 1 aliphatic heterocycles. The van der Waals surface area contributed by atoms with Gasteiger partial charge in [-0.25, -0.2) is 0 Å². The number of nitrogens with zero attached hydrogens (tertiary/aromatic N) is 1. The van der Waals surface area contributed by atoms with Crippen molar-refractivity contribution < 1.29 is 9.47 Å². The molecule has 0 radical (unpaired) electrons. The summed E-state index contributed by atoms with van der Waals surface area (Å²) >= 11 is 0. The van der Waals surface area contributed by atoms with Crippen LogP contribution in [0.1, 0.15) is 6.92 Å². The van der Waals surface area contributed by atoms with Crippen LogP contribution in [-0.2, 0) is 0 Å². The van der Waals surface area contributed by atoms with Crippen LogP contribution in [0.5, 0.6) is 11.5 Å². The van der Waals surface area contributed by atoms with Gasteiger partial charge in [0.1, 0.15) is 17.6 Å². The molecule has 1 aliphatic rings. The van der Waals surface area contributed by atoms with E-state index in [9.17, 15) is 0 Å². The van der Waals surface area contributed by atoms with Crippen molar-refractivity contribution in [3.63, 3.8) is 0 Å². The minimum Gasteiger partial charge on any atom is -0.495 e. The van der Waals surface area contributed by atoms with Crippen molar-refractivity contribution >= 4 is 11.4 Å². The second kappa shape index (κ2) is 4.84. The van der Waals surface area contributed by atoms with Crippen molar-refractivity contribution in [2.45, 2.75) is 13.0 Å². The molecule has 0 N–H and O–H groups in total. The second-order valence-electron chi connectivity index (χ2n) is 4.68. The summed E-state index contributed by atoms with van der Waals surface area (Å²) in [5, 5.41) is 0. The first kappa shape index (κ1) is 11.9. The van der Waals surface area contributed by atoms with E-state index in [1.54, 1.807) is 7.11 Å². The number of para-hydroxylation sites is 4. The maximum absolute atomic E-state index is 5.87. The van der Waals surface area contributed by atoms with Crippen LogP contribution < -0.4 is 14.4 Å². The van der Waals surface area contributed by atoms with Crippen molar-refractivity contribution in [2.24, 2.45) is 0 Å². The Kier molecular flexibility index (Phi) is 3.03. The van der Waals surface area contributed by atoms with Gasteiger partial charge in [0.15, 0.2) is 0 Å². The molecule has 0 amide bonds. The summed E-state index contributed by atoms with van der Waals surface area (Å²) in [5.74, 6) is 1.80. The van der Waals surface area contributed by atoms with Crippen molar-refractivity contribution in [3.05, 3.63) is 48.5 Å². The number of ether oxygens (including phenoxy) is 2. The molecule has 0 aliphatic carbocycles. The fourth-order valence-corrected chi connectivity index (χ4v) is 2.47. The number of hydrogen-bond donors (Lipinski definition) is 0. The van der Waals surface area contributed by atoms with E-state index < -0.39 is 0 Å². The minimum atomic E-state index is 0.153. The molecule has 98 valence electrons. The van der Waals surface area contributed by atoms with Gasteiger partial charge >= 0.3 is 0 Å². The van der Waals surface area contributed by atoms with Crippen LogP contribution in [0.4, 0.5) is 11.4 Å². The molecule has 2 aromatic carbocycles. The molecule has 1 atom stereocenters. The number of hydrogen-bond acceptors (Lipinski definition) is 3. The third-order valence-corrected chi connectivity index (χ3v) is 3.30. The van der Waals surface area contributed by atoms with Crippen LogP contribution >= 0.6 is 0 Å². The summed E-state index contributed by atoms with van der Waals surface area (Å²) in [6, 6.07) is 16.2. The lowest BCUT2D eigenvalue weighted by atomic mass is 10.1. The Labute approximate surface area is 113 Å². The van der Waals surface area contributed by atoms with Crippen molar-refractivity contribution in [2.75, 3.05) is 18.6 Å². The molecule has 0 bridgehead atoms. The molecular formula is C16H17NO2. The van der Waals surface area contributed by atoms with Gasteiger partial charge in [0.2, 0.25) is 0 Å². The minimum absolute atomic E-state index is 0.153. The number of anilines is 2. The van der Waals surface area contributed by atoms with Gasteiger partial charge in [-0.05, 0) is 31.2 Å². The average molecular weight is 255 g/mol. The van der Waals surface area contributed by atoms with E-state index in [4.69, 9.17) is 9.47 Å². The van der Waals surface area contributed by atoms with E-state index in [0.717, 1.165) is 29.4 Å². The predicted octanol–water partition coefficient (Wildman–Crippen LogP) is 3.61. The normalized spacial score (nSPS) is 17.6. The molecule has 1 heterocycles. The maximum atomic E-state index is 5.87. The highest BCUT2D eigenvalue weighted by molar-refractivity contribution is 5.74. The van der Waals surface area contributed by atoms with Crippen LogP contribution in [0.25, 0.3) is 0 Å². The van der Waals surface area contributed by atoms with Crippen LogP contribution in [0.3, 0.4) is 0 Å². The molecule has 3 nitrogen and oxygen atoms in total. The molecule has 3 heteroatoms. The topological polar surface area (TPSA) is 21.7 Å². The van der Waals surface area contributed by atoms with Crippen molar-refractivity contribution in [1.29, 1.82) is 0 Å². The third-order valence-electron chi connectivity index (χ3n) is 3.30. The van der Waals surface area contributed by atoms with Gasteiger partial charge in [-0.1, -0.05) is 24.3 Å². The largest absolute Gasteiger partial charge is 0.495 e. The Morgan fingerprint density at radius 1 is 1.05 bits per heavy atom. The van der Waals surface area contributed by atoms with Gasteiger partial charge in [0.25, 0.3) is 0 Å². The maximum Gasteiger partial charge on any atom is 0.143 e. The van der Waals surface area contributed by atoms with Crippen LogP contribution in [-0.4, -0.2) is 19.8 Å². The average Bonchev–Trinajstić information content (AvgIpc) is 2.46. The summed E-state index contributed by atoms with van der Waals surface area (Å²) in [5.41, 5.74) is 2.16. The summed E-state index contributed by atoms with van der Waals surface area (Å²) in [6.07, 6.45) is 0.153. The van der Waals surface area contributed by atoms with E-state index in [2.05, 4.69) is 24.0 Å². The predicted molar refractivity (Wildman–Crippen MR) is 76.5 cm³/mol. The summed E-state index contributed by atoms with van der Waals surface area (Å²) < 4.78 is 11.3. The molecule has 0 aromatic heterocycles. The first-order valence-corrected chi connectivity index (χ1v) is 6.46. The Hall–Kier alpha value is -2.16. The Balaban J connectivity index is 2.10. The van der Waals surface area contributed by atoms with E-state index >= 15 is 0 Å². The zero-order valence-electron chi connectivity index (χ0n) is 11.2. The molecular weight excluding hydrogens is 238 g/mol. The van der Waals surface area contributed by atoms with Gasteiger partial charge in [-0.3, -0.25) is 0 Å². The third kappa shape index (κ3) is 2.12. The van der Waals surface area contributed by atoms with Crippen LogP contribution in [0.2, 0.25) is 0 Å². The standard InChI is InChI=1S/C16H17NO2/c1-12-11-17(13-7-3-5-9-15(13)18-2)14-8-4-6-10-16(14)19-12/h3-10,12H,11H2,1-2H3. The molecule has 0 fully saturated rings. The summed E-state index contributed by atoms with van der Waals surface area (Å²) in [7, 11) is 1.70. The Bertz CT molecular complexity index is 582. The van der Waals surface area contributed by atoms with E-state index in [0.29, 0.717) is 0 Å². The molecule has 1 unspecified atom stereocenters. The molecule has 0 spiro atoms. The van der Waals surface area contributed by atoms with Gasteiger partial charge in [-0.15, -0.1) is 0 Å². The number of rotatable bonds is 2. The van der Waals surface area contributed by atoms with Crippen molar-refractivity contribution in [3.8, 4) is 11.5 Å². The second-order valence-corrected chi connectivity index (χ2v) is 4.68. The molecule has 0 saturated heterocycles. The van der Waals surface area contributed by atoms with Crippen LogP contribution in [0, 0.1) is 0 Å².